The molecule has 154 valence electrons. The predicted molar refractivity (Wildman–Crippen MR) is 119 cm³/mol. The summed E-state index contributed by atoms with van der Waals surface area (Å²) in [5.41, 5.74) is 10.1. The summed E-state index contributed by atoms with van der Waals surface area (Å²) in [6, 6.07) is 11.1. The highest BCUT2D eigenvalue weighted by atomic mass is 35.5. The highest BCUT2D eigenvalue weighted by Crippen LogP contribution is 2.37. The van der Waals surface area contributed by atoms with Crippen LogP contribution in [0.25, 0.3) is 23.3 Å². The molecule has 0 saturated carbocycles. The third-order valence-electron chi connectivity index (χ3n) is 5.28. The van der Waals surface area contributed by atoms with Crippen molar-refractivity contribution < 1.29 is 8.78 Å². The average Bonchev–Trinajstić information content (AvgIpc) is 2.72. The molecule has 30 heavy (non-hydrogen) atoms. The Balaban J connectivity index is 1.81. The van der Waals surface area contributed by atoms with Crippen LogP contribution in [0.2, 0.25) is 5.02 Å². The van der Waals surface area contributed by atoms with Gasteiger partial charge in [0.2, 0.25) is 0 Å². The molecular formula is C24H22ClF2N3. The highest BCUT2D eigenvalue weighted by Gasteiger charge is 2.22. The van der Waals surface area contributed by atoms with E-state index in [9.17, 15) is 8.78 Å². The summed E-state index contributed by atoms with van der Waals surface area (Å²) in [4.78, 5) is 6.63. The molecule has 2 aromatic carbocycles. The lowest BCUT2D eigenvalue weighted by atomic mass is 9.98. The summed E-state index contributed by atoms with van der Waals surface area (Å²) in [7, 11) is 0. The van der Waals surface area contributed by atoms with Gasteiger partial charge in [-0.15, -0.1) is 0 Å². The van der Waals surface area contributed by atoms with Gasteiger partial charge in [0.05, 0.1) is 5.69 Å². The zero-order valence-electron chi connectivity index (χ0n) is 16.4. The van der Waals surface area contributed by atoms with Crippen molar-refractivity contribution >= 4 is 29.4 Å². The summed E-state index contributed by atoms with van der Waals surface area (Å²) in [5, 5.41) is 0.331. The minimum absolute atomic E-state index is 0.182. The lowest BCUT2D eigenvalue weighted by Crippen LogP contribution is -2.40. The lowest BCUT2D eigenvalue weighted by Gasteiger charge is -2.34. The minimum Gasteiger partial charge on any atom is -0.370 e. The molecule has 0 spiro atoms. The van der Waals surface area contributed by atoms with E-state index in [1.165, 1.54) is 24.3 Å². The molecule has 0 atom stereocenters. The smallest absolute Gasteiger partial charge is 0.125 e. The maximum Gasteiger partial charge on any atom is 0.125 e. The SMILES string of the molecule is NC1CCN(c2c(/C=C/c3cccc(F)c3)cncc2-c2cc(F)cc(Cl)c2)CC1. The van der Waals surface area contributed by atoms with E-state index in [-0.39, 0.29) is 11.9 Å². The first kappa shape index (κ1) is 20.5. The van der Waals surface area contributed by atoms with Gasteiger partial charge in [-0.25, -0.2) is 8.78 Å². The van der Waals surface area contributed by atoms with Gasteiger partial charge >= 0.3 is 0 Å². The molecule has 3 nitrogen and oxygen atoms in total. The van der Waals surface area contributed by atoms with Crippen molar-refractivity contribution in [3.8, 4) is 11.1 Å². The maximum atomic E-state index is 14.1. The van der Waals surface area contributed by atoms with Gasteiger partial charge in [-0.2, -0.15) is 0 Å². The third-order valence-corrected chi connectivity index (χ3v) is 5.50. The van der Waals surface area contributed by atoms with Crippen LogP contribution in [-0.2, 0) is 0 Å². The van der Waals surface area contributed by atoms with Gasteiger partial charge in [0.1, 0.15) is 11.6 Å². The van der Waals surface area contributed by atoms with Gasteiger partial charge in [0.15, 0.2) is 0 Å². The van der Waals surface area contributed by atoms with Crippen molar-refractivity contribution in [2.75, 3.05) is 18.0 Å². The van der Waals surface area contributed by atoms with E-state index in [1.54, 1.807) is 24.5 Å². The number of benzene rings is 2. The standard InChI is InChI=1S/C24H22ClF2N3/c25-19-11-18(12-21(27)13-19)23-15-29-14-17(5-4-16-2-1-3-20(26)10-16)24(23)30-8-6-22(28)7-9-30/h1-5,10-15,22H,6-9,28H2/b5-4+. The monoisotopic (exact) mass is 425 g/mol. The predicted octanol–water partition coefficient (Wildman–Crippen LogP) is 5.78. The van der Waals surface area contributed by atoms with Crippen LogP contribution in [0.15, 0.2) is 54.9 Å². The van der Waals surface area contributed by atoms with Crippen molar-refractivity contribution in [3.05, 3.63) is 82.6 Å². The minimum atomic E-state index is -0.398. The number of nitrogens with zero attached hydrogens (tertiary/aromatic N) is 2. The van der Waals surface area contributed by atoms with E-state index in [1.807, 2.05) is 18.2 Å². The summed E-state index contributed by atoms with van der Waals surface area (Å²) in [6.45, 7) is 1.59. The second-order valence-electron chi connectivity index (χ2n) is 7.50. The Hall–Kier alpha value is -2.76. The molecule has 0 amide bonds. The summed E-state index contributed by atoms with van der Waals surface area (Å²) >= 11 is 6.11. The molecule has 4 rings (SSSR count). The highest BCUT2D eigenvalue weighted by molar-refractivity contribution is 6.30. The van der Waals surface area contributed by atoms with Crippen LogP contribution >= 0.6 is 11.6 Å². The van der Waals surface area contributed by atoms with Crippen LogP contribution in [0.5, 0.6) is 0 Å². The van der Waals surface area contributed by atoms with Crippen LogP contribution in [0.4, 0.5) is 14.5 Å². The van der Waals surface area contributed by atoms with Gasteiger partial charge in [-0.05, 0) is 54.3 Å². The first-order valence-corrected chi connectivity index (χ1v) is 10.3. The molecule has 1 aliphatic rings. The fourth-order valence-corrected chi connectivity index (χ4v) is 4.01. The van der Waals surface area contributed by atoms with E-state index in [4.69, 9.17) is 17.3 Å². The number of rotatable bonds is 4. The van der Waals surface area contributed by atoms with E-state index < -0.39 is 5.82 Å². The molecule has 1 aromatic heterocycles. The topological polar surface area (TPSA) is 42.1 Å². The van der Waals surface area contributed by atoms with Gasteiger partial charge in [-0.1, -0.05) is 35.9 Å². The van der Waals surface area contributed by atoms with E-state index in [0.717, 1.165) is 48.3 Å². The fraction of sp³-hybridized carbons (Fsp3) is 0.208. The molecule has 0 bridgehead atoms. The molecule has 2 heterocycles. The molecule has 0 radical (unpaired) electrons. The first-order chi connectivity index (χ1) is 14.5. The Bertz CT molecular complexity index is 1060. The second-order valence-corrected chi connectivity index (χ2v) is 7.93. The number of halogens is 3. The number of nitrogens with two attached hydrogens (primary N) is 1. The van der Waals surface area contributed by atoms with Crippen molar-refractivity contribution in [2.45, 2.75) is 18.9 Å². The third kappa shape index (κ3) is 4.69. The fourth-order valence-electron chi connectivity index (χ4n) is 3.78. The number of hydrogen-bond donors (Lipinski definition) is 1. The number of hydrogen-bond acceptors (Lipinski definition) is 3. The van der Waals surface area contributed by atoms with Crippen molar-refractivity contribution in [2.24, 2.45) is 5.73 Å². The van der Waals surface area contributed by atoms with E-state index in [2.05, 4.69) is 9.88 Å². The molecular weight excluding hydrogens is 404 g/mol. The van der Waals surface area contributed by atoms with Crippen LogP contribution in [-0.4, -0.2) is 24.1 Å². The van der Waals surface area contributed by atoms with Crippen molar-refractivity contribution in [1.29, 1.82) is 0 Å². The van der Waals surface area contributed by atoms with Gasteiger partial charge in [-0.3, -0.25) is 4.98 Å². The zero-order chi connectivity index (χ0) is 21.1. The van der Waals surface area contributed by atoms with Crippen LogP contribution in [0, 0.1) is 11.6 Å². The number of aromatic nitrogens is 1. The average molecular weight is 426 g/mol. The van der Waals surface area contributed by atoms with Gasteiger partial charge in [0, 0.05) is 47.7 Å². The van der Waals surface area contributed by atoms with Gasteiger partial charge in [0.25, 0.3) is 0 Å². The van der Waals surface area contributed by atoms with E-state index >= 15 is 0 Å². The zero-order valence-corrected chi connectivity index (χ0v) is 17.1. The molecule has 1 fully saturated rings. The normalized spacial score (nSPS) is 15.1. The van der Waals surface area contributed by atoms with Gasteiger partial charge < -0.3 is 10.6 Å². The number of pyridine rings is 1. The Kier molecular flexibility index (Phi) is 6.11. The Morgan fingerprint density at radius 2 is 1.80 bits per heavy atom. The van der Waals surface area contributed by atoms with Crippen LogP contribution < -0.4 is 10.6 Å². The molecule has 6 heteroatoms. The van der Waals surface area contributed by atoms with Crippen molar-refractivity contribution in [3.63, 3.8) is 0 Å². The molecule has 1 aliphatic heterocycles. The maximum absolute atomic E-state index is 14.1. The Labute approximate surface area is 179 Å². The molecule has 0 unspecified atom stereocenters. The molecule has 1 saturated heterocycles. The summed E-state index contributed by atoms with van der Waals surface area (Å²) in [6.07, 6.45) is 9.01. The number of piperidine rings is 1. The summed E-state index contributed by atoms with van der Waals surface area (Å²) in [5.74, 6) is -0.687. The Morgan fingerprint density at radius 1 is 1.00 bits per heavy atom. The van der Waals surface area contributed by atoms with E-state index in [0.29, 0.717) is 10.6 Å². The first-order valence-electron chi connectivity index (χ1n) is 9.88. The molecule has 0 aliphatic carbocycles. The quantitative estimate of drug-likeness (QED) is 0.576. The lowest BCUT2D eigenvalue weighted by molar-refractivity contribution is 0.501. The van der Waals surface area contributed by atoms with Crippen molar-refractivity contribution in [1.82, 2.24) is 4.98 Å². The largest absolute Gasteiger partial charge is 0.370 e. The molecule has 2 N–H and O–H groups in total. The van der Waals surface area contributed by atoms with Crippen LogP contribution in [0.1, 0.15) is 24.0 Å². The Morgan fingerprint density at radius 3 is 2.53 bits per heavy atom. The summed E-state index contributed by atoms with van der Waals surface area (Å²) < 4.78 is 27.6. The number of anilines is 1. The molecule has 3 aromatic rings. The second kappa shape index (κ2) is 8.94. The van der Waals surface area contributed by atoms with Crippen LogP contribution in [0.3, 0.4) is 0 Å².